The maximum Gasteiger partial charge on any atom is 0.335 e. The molecule has 0 unspecified atom stereocenters. The zero-order chi connectivity index (χ0) is 16.2. The summed E-state index contributed by atoms with van der Waals surface area (Å²) < 4.78 is 40.7. The maximum atomic E-state index is 13.4. The number of hydrogen-bond acceptors (Lipinski definition) is 6. The monoisotopic (exact) mass is 327 g/mol. The molecule has 0 fully saturated rings. The van der Waals surface area contributed by atoms with Crippen molar-refractivity contribution in [1.29, 1.82) is 0 Å². The Labute approximate surface area is 126 Å². The number of nitrogens with one attached hydrogen (secondary N) is 1. The van der Waals surface area contributed by atoms with Crippen LogP contribution in [0.15, 0.2) is 33.9 Å². The molecule has 0 bridgehead atoms. The molecular weight excluding hydrogens is 313 g/mol. The van der Waals surface area contributed by atoms with Crippen LogP contribution in [-0.4, -0.2) is 37.3 Å². The number of halogens is 1. The zero-order valence-electron chi connectivity index (χ0n) is 11.7. The second-order valence-electron chi connectivity index (χ2n) is 4.57. The van der Waals surface area contributed by atoms with Gasteiger partial charge in [0.15, 0.2) is 0 Å². The lowest BCUT2D eigenvalue weighted by molar-refractivity contribution is 0.0949. The Morgan fingerprint density at radius 3 is 2.68 bits per heavy atom. The highest BCUT2D eigenvalue weighted by Crippen LogP contribution is 2.08. The Morgan fingerprint density at radius 1 is 1.32 bits per heavy atom. The molecule has 0 aliphatic carbocycles. The van der Waals surface area contributed by atoms with Gasteiger partial charge in [0.05, 0.1) is 5.56 Å². The van der Waals surface area contributed by atoms with E-state index in [4.69, 9.17) is 4.42 Å². The molecule has 0 aliphatic rings. The number of carbonyl (C=O) groups excluding carboxylic acids is 1. The summed E-state index contributed by atoms with van der Waals surface area (Å²) in [6, 6.07) is 5.67. The summed E-state index contributed by atoms with van der Waals surface area (Å²) in [4.78, 5) is 11.7. The van der Waals surface area contributed by atoms with Crippen LogP contribution in [0.4, 0.5) is 4.39 Å². The molecule has 1 amide bonds. The van der Waals surface area contributed by atoms with Gasteiger partial charge in [-0.15, -0.1) is 5.10 Å². The van der Waals surface area contributed by atoms with Gasteiger partial charge < -0.3 is 9.73 Å². The highest BCUT2D eigenvalue weighted by atomic mass is 32.2. The first-order valence-electron chi connectivity index (χ1n) is 6.43. The SMILES string of the molecule is CS(=O)(=O)c1nnc(CCCNC(=O)c2ccccc2F)o1. The largest absolute Gasteiger partial charge is 0.413 e. The van der Waals surface area contributed by atoms with Crippen molar-refractivity contribution in [2.75, 3.05) is 12.8 Å². The van der Waals surface area contributed by atoms with E-state index in [1.165, 1.54) is 18.2 Å². The van der Waals surface area contributed by atoms with Gasteiger partial charge in [-0.2, -0.15) is 0 Å². The molecule has 0 radical (unpaired) electrons. The number of amides is 1. The van der Waals surface area contributed by atoms with Crippen molar-refractivity contribution in [1.82, 2.24) is 15.5 Å². The third-order valence-corrected chi connectivity index (χ3v) is 3.54. The first-order chi connectivity index (χ1) is 10.4. The van der Waals surface area contributed by atoms with Crippen LogP contribution in [0.3, 0.4) is 0 Å². The van der Waals surface area contributed by atoms with Crippen molar-refractivity contribution in [2.24, 2.45) is 0 Å². The predicted octanol–water partition coefficient (Wildman–Crippen LogP) is 0.975. The second-order valence-corrected chi connectivity index (χ2v) is 6.47. The molecule has 2 rings (SSSR count). The molecule has 0 spiro atoms. The Morgan fingerprint density at radius 2 is 2.05 bits per heavy atom. The summed E-state index contributed by atoms with van der Waals surface area (Å²) in [6.45, 7) is 0.268. The molecule has 0 aliphatic heterocycles. The summed E-state index contributed by atoms with van der Waals surface area (Å²) in [5, 5.41) is 9.15. The number of nitrogens with zero attached hydrogens (tertiary/aromatic N) is 2. The maximum absolute atomic E-state index is 13.4. The standard InChI is InChI=1S/C13H14FN3O4S/c1-22(19,20)13-17-16-11(21-13)7-4-8-15-12(18)9-5-2-3-6-10(9)14/h2-3,5-6H,4,7-8H2,1H3,(H,15,18). The van der Waals surface area contributed by atoms with Crippen LogP contribution in [0.5, 0.6) is 0 Å². The van der Waals surface area contributed by atoms with Crippen LogP contribution in [0, 0.1) is 5.82 Å². The first kappa shape index (κ1) is 16.1. The fourth-order valence-corrected chi connectivity index (χ4v) is 2.11. The molecule has 0 atom stereocenters. The molecule has 2 aromatic rings. The van der Waals surface area contributed by atoms with Gasteiger partial charge in [-0.3, -0.25) is 4.79 Å². The molecule has 0 saturated carbocycles. The van der Waals surface area contributed by atoms with Crippen LogP contribution in [-0.2, 0) is 16.3 Å². The number of carbonyl (C=O) groups is 1. The number of aromatic nitrogens is 2. The summed E-state index contributed by atoms with van der Waals surface area (Å²) in [6.07, 6.45) is 1.73. The van der Waals surface area contributed by atoms with Crippen molar-refractivity contribution in [3.63, 3.8) is 0 Å². The van der Waals surface area contributed by atoms with Crippen molar-refractivity contribution in [3.05, 3.63) is 41.5 Å². The minimum Gasteiger partial charge on any atom is -0.413 e. The van der Waals surface area contributed by atoms with Crippen molar-refractivity contribution < 1.29 is 22.0 Å². The number of sulfone groups is 1. The van der Waals surface area contributed by atoms with Gasteiger partial charge >= 0.3 is 5.22 Å². The lowest BCUT2D eigenvalue weighted by Crippen LogP contribution is -2.25. The fourth-order valence-electron chi connectivity index (χ4n) is 1.67. The Hall–Kier alpha value is -2.29. The third kappa shape index (κ3) is 4.10. The molecule has 7 nitrogen and oxygen atoms in total. The predicted molar refractivity (Wildman–Crippen MR) is 74.5 cm³/mol. The zero-order valence-corrected chi connectivity index (χ0v) is 12.6. The number of rotatable bonds is 6. The Balaban J connectivity index is 1.81. The van der Waals surface area contributed by atoms with Crippen LogP contribution < -0.4 is 5.32 Å². The summed E-state index contributed by atoms with van der Waals surface area (Å²) in [7, 11) is -3.52. The third-order valence-electron chi connectivity index (χ3n) is 2.74. The van der Waals surface area contributed by atoms with Crippen LogP contribution in [0.1, 0.15) is 22.7 Å². The number of aryl methyl sites for hydroxylation is 1. The van der Waals surface area contributed by atoms with Crippen LogP contribution in [0.25, 0.3) is 0 Å². The lowest BCUT2D eigenvalue weighted by Gasteiger charge is -2.04. The summed E-state index contributed by atoms with van der Waals surface area (Å²) in [5.74, 6) is -0.935. The van der Waals surface area contributed by atoms with Crippen molar-refractivity contribution in [2.45, 2.75) is 18.1 Å². The molecular formula is C13H14FN3O4S. The Bertz CT molecular complexity index is 773. The van der Waals surface area contributed by atoms with Crippen LogP contribution >= 0.6 is 0 Å². The molecule has 1 aromatic carbocycles. The van der Waals surface area contributed by atoms with Crippen molar-refractivity contribution >= 4 is 15.7 Å². The molecule has 9 heteroatoms. The van der Waals surface area contributed by atoms with E-state index in [0.717, 1.165) is 6.26 Å². The van der Waals surface area contributed by atoms with Gasteiger partial charge in [-0.25, -0.2) is 12.8 Å². The smallest absolute Gasteiger partial charge is 0.335 e. The first-order valence-corrected chi connectivity index (χ1v) is 8.32. The highest BCUT2D eigenvalue weighted by Gasteiger charge is 2.16. The van der Waals surface area contributed by atoms with Gasteiger partial charge in [0.25, 0.3) is 5.91 Å². The van der Waals surface area contributed by atoms with E-state index in [9.17, 15) is 17.6 Å². The molecule has 1 heterocycles. The second kappa shape index (κ2) is 6.65. The summed E-state index contributed by atoms with van der Waals surface area (Å²) >= 11 is 0. The van der Waals surface area contributed by atoms with E-state index in [1.54, 1.807) is 6.07 Å². The van der Waals surface area contributed by atoms with Gasteiger partial charge in [-0.1, -0.05) is 17.2 Å². The van der Waals surface area contributed by atoms with E-state index in [-0.39, 0.29) is 18.0 Å². The van der Waals surface area contributed by atoms with Gasteiger partial charge in [-0.05, 0) is 18.6 Å². The average Bonchev–Trinajstić information content (AvgIpc) is 2.93. The highest BCUT2D eigenvalue weighted by molar-refractivity contribution is 7.90. The quantitative estimate of drug-likeness (QED) is 0.793. The topological polar surface area (TPSA) is 102 Å². The van der Waals surface area contributed by atoms with E-state index in [2.05, 4.69) is 15.5 Å². The average molecular weight is 327 g/mol. The number of hydrogen-bond donors (Lipinski definition) is 1. The molecule has 118 valence electrons. The van der Waals surface area contributed by atoms with Gasteiger partial charge in [0, 0.05) is 19.2 Å². The van der Waals surface area contributed by atoms with Gasteiger partial charge in [0.2, 0.25) is 15.7 Å². The van der Waals surface area contributed by atoms with E-state index >= 15 is 0 Å². The summed E-state index contributed by atoms with van der Waals surface area (Å²) in [5.41, 5.74) is -0.0281. The van der Waals surface area contributed by atoms with Gasteiger partial charge in [0.1, 0.15) is 5.82 Å². The molecule has 1 aromatic heterocycles. The van der Waals surface area contributed by atoms with E-state index in [0.29, 0.717) is 12.8 Å². The van der Waals surface area contributed by atoms with E-state index < -0.39 is 26.8 Å². The Kier molecular flexibility index (Phi) is 4.86. The molecule has 0 saturated heterocycles. The normalized spacial score (nSPS) is 11.4. The van der Waals surface area contributed by atoms with Crippen LogP contribution in [0.2, 0.25) is 0 Å². The van der Waals surface area contributed by atoms with E-state index in [1.807, 2.05) is 0 Å². The minimum absolute atomic E-state index is 0.0281. The molecule has 1 N–H and O–H groups in total. The number of benzene rings is 1. The lowest BCUT2D eigenvalue weighted by atomic mass is 10.2. The minimum atomic E-state index is -3.52. The fraction of sp³-hybridized carbons (Fsp3) is 0.308. The molecule has 22 heavy (non-hydrogen) atoms. The van der Waals surface area contributed by atoms with Crippen molar-refractivity contribution in [3.8, 4) is 0 Å².